The van der Waals surface area contributed by atoms with Gasteiger partial charge < -0.3 is 5.32 Å². The summed E-state index contributed by atoms with van der Waals surface area (Å²) in [5.74, 6) is -0.114. The molecule has 0 heterocycles. The van der Waals surface area contributed by atoms with E-state index in [9.17, 15) is 4.79 Å². The van der Waals surface area contributed by atoms with Gasteiger partial charge in [0.05, 0.1) is 14.1 Å². The summed E-state index contributed by atoms with van der Waals surface area (Å²) in [4.78, 5) is 12.7. The summed E-state index contributed by atoms with van der Waals surface area (Å²) in [6.07, 6.45) is 0. The van der Waals surface area contributed by atoms with E-state index in [1.807, 2.05) is 82.3 Å². The van der Waals surface area contributed by atoms with Gasteiger partial charge in [0.2, 0.25) is 5.69 Å². The predicted octanol–water partition coefficient (Wildman–Crippen LogP) is 4.36. The zero-order valence-corrected chi connectivity index (χ0v) is 16.2. The lowest BCUT2D eigenvalue weighted by Crippen LogP contribution is -2.40. The summed E-state index contributed by atoms with van der Waals surface area (Å²) >= 11 is 5.99. The molecular weight excluding hydrogens is 334 g/mol. The highest BCUT2D eigenvalue weighted by Crippen LogP contribution is 2.27. The summed E-state index contributed by atoms with van der Waals surface area (Å²) < 4.78 is 1.74. The number of halogens is 1. The fourth-order valence-electron chi connectivity index (χ4n) is 2.34. The normalized spacial score (nSPS) is 11.1. The maximum atomic E-state index is 12.7. The van der Waals surface area contributed by atoms with E-state index < -0.39 is 0 Å². The number of amides is 1. The van der Waals surface area contributed by atoms with Crippen molar-refractivity contribution in [2.75, 3.05) is 14.1 Å². The maximum absolute atomic E-state index is 12.7. The third kappa shape index (κ3) is 5.07. The molecule has 1 N–H and O–H groups in total. The lowest BCUT2D eigenvalue weighted by Gasteiger charge is -2.21. The molecule has 0 aliphatic heterocycles. The van der Waals surface area contributed by atoms with Crippen LogP contribution < -0.4 is 5.32 Å². The molecule has 25 heavy (non-hydrogen) atoms. The highest BCUT2D eigenvalue weighted by molar-refractivity contribution is 6.30. The number of hydrazine groups is 1. The average molecular weight is 359 g/mol. The van der Waals surface area contributed by atoms with E-state index in [0.717, 1.165) is 16.8 Å². The molecule has 4 nitrogen and oxygen atoms in total. The number of benzene rings is 2. The second kappa shape index (κ2) is 7.28. The molecule has 0 aliphatic carbocycles. The Labute approximate surface area is 154 Å². The lowest BCUT2D eigenvalue weighted by atomic mass is 10.0. The van der Waals surface area contributed by atoms with Gasteiger partial charge in [-0.25, -0.2) is 0 Å². The minimum Gasteiger partial charge on any atom is -0.347 e. The van der Waals surface area contributed by atoms with Crippen LogP contribution in [0.4, 0.5) is 5.69 Å². The number of rotatable bonds is 4. The van der Waals surface area contributed by atoms with Gasteiger partial charge in [0, 0.05) is 28.3 Å². The Morgan fingerprint density at radius 2 is 1.68 bits per heavy atom. The maximum Gasteiger partial charge on any atom is 0.251 e. The van der Waals surface area contributed by atoms with E-state index in [4.69, 9.17) is 11.6 Å². The Hall–Kier alpha value is -2.33. The van der Waals surface area contributed by atoms with Gasteiger partial charge in [-0.15, -0.1) is 0 Å². The number of hydrogen-bond donors (Lipinski definition) is 1. The first-order valence-corrected chi connectivity index (χ1v) is 8.46. The molecule has 0 fully saturated rings. The highest BCUT2D eigenvalue weighted by Gasteiger charge is 2.20. The Morgan fingerprint density at radius 3 is 2.20 bits per heavy atom. The molecule has 0 bridgehead atoms. The Kier molecular flexibility index (Phi) is 5.53. The molecule has 5 heteroatoms. The first-order chi connectivity index (χ1) is 11.6. The SMILES string of the molecule is C=[N+](c1cc(C(=O)NC(C)(C)C)cc(-c2ccc(Cl)cc2)c1)N(C)C. The van der Waals surface area contributed by atoms with Crippen LogP contribution >= 0.6 is 11.6 Å². The van der Waals surface area contributed by atoms with Crippen LogP contribution in [0, 0.1) is 0 Å². The van der Waals surface area contributed by atoms with E-state index >= 15 is 0 Å². The van der Waals surface area contributed by atoms with Crippen molar-refractivity contribution >= 4 is 29.9 Å². The summed E-state index contributed by atoms with van der Waals surface area (Å²) in [7, 11) is 3.80. The van der Waals surface area contributed by atoms with Crippen LogP contribution in [0.15, 0.2) is 42.5 Å². The second-order valence-electron chi connectivity index (χ2n) is 7.23. The molecule has 0 unspecified atom stereocenters. The van der Waals surface area contributed by atoms with Gasteiger partial charge in [0.15, 0.2) is 6.72 Å². The molecule has 2 aromatic carbocycles. The van der Waals surface area contributed by atoms with Crippen molar-refractivity contribution in [1.82, 2.24) is 10.3 Å². The van der Waals surface area contributed by atoms with Gasteiger partial charge >= 0.3 is 0 Å². The molecule has 132 valence electrons. The second-order valence-corrected chi connectivity index (χ2v) is 7.66. The van der Waals surface area contributed by atoms with Gasteiger partial charge in [-0.2, -0.15) is 5.01 Å². The summed E-state index contributed by atoms with van der Waals surface area (Å²) in [5.41, 5.74) is 3.04. The Bertz CT molecular complexity index is 790. The van der Waals surface area contributed by atoms with E-state index in [-0.39, 0.29) is 11.4 Å². The molecule has 0 aliphatic rings. The van der Waals surface area contributed by atoms with Crippen LogP contribution in [-0.4, -0.2) is 42.0 Å². The predicted molar refractivity (Wildman–Crippen MR) is 105 cm³/mol. The van der Waals surface area contributed by atoms with Gasteiger partial charge in [-0.3, -0.25) is 4.79 Å². The molecule has 0 radical (unpaired) electrons. The first-order valence-electron chi connectivity index (χ1n) is 8.08. The fourth-order valence-corrected chi connectivity index (χ4v) is 2.47. The third-order valence-electron chi connectivity index (χ3n) is 3.63. The number of carbonyl (C=O) groups is 1. The summed E-state index contributed by atoms with van der Waals surface area (Å²) in [6, 6.07) is 13.3. The van der Waals surface area contributed by atoms with Crippen LogP contribution in [-0.2, 0) is 0 Å². The van der Waals surface area contributed by atoms with Crippen molar-refractivity contribution in [3.63, 3.8) is 0 Å². The van der Waals surface area contributed by atoms with Crippen molar-refractivity contribution < 1.29 is 9.48 Å². The Balaban J connectivity index is 2.54. The molecular formula is C20H25ClN3O+. The molecule has 0 atom stereocenters. The number of nitrogens with zero attached hydrogens (tertiary/aromatic N) is 2. The zero-order valence-electron chi connectivity index (χ0n) is 15.4. The van der Waals surface area contributed by atoms with E-state index in [1.165, 1.54) is 0 Å². The van der Waals surface area contributed by atoms with Crippen molar-refractivity contribution in [3.05, 3.63) is 53.1 Å². The van der Waals surface area contributed by atoms with Gasteiger partial charge in [0.25, 0.3) is 5.91 Å². The van der Waals surface area contributed by atoms with Crippen LogP contribution in [0.1, 0.15) is 31.1 Å². The quantitative estimate of drug-likeness (QED) is 0.501. The van der Waals surface area contributed by atoms with Gasteiger partial charge in [0.1, 0.15) is 0 Å². The highest BCUT2D eigenvalue weighted by atomic mass is 35.5. The summed E-state index contributed by atoms with van der Waals surface area (Å²) in [6.45, 7) is 9.92. The van der Waals surface area contributed by atoms with E-state index in [2.05, 4.69) is 12.0 Å². The molecule has 0 spiro atoms. The Morgan fingerprint density at radius 1 is 1.08 bits per heavy atom. The lowest BCUT2D eigenvalue weighted by molar-refractivity contribution is -0.602. The largest absolute Gasteiger partial charge is 0.347 e. The number of carbonyl (C=O) groups excluding carboxylic acids is 1. The molecule has 2 aromatic rings. The minimum atomic E-state index is -0.306. The first kappa shape index (κ1) is 19.0. The summed E-state index contributed by atoms with van der Waals surface area (Å²) in [5, 5.41) is 5.54. The van der Waals surface area contributed by atoms with E-state index in [1.54, 1.807) is 4.68 Å². The number of hydrogen-bond acceptors (Lipinski definition) is 2. The molecule has 0 saturated carbocycles. The van der Waals surface area contributed by atoms with Crippen molar-refractivity contribution in [2.45, 2.75) is 26.3 Å². The number of hydrazone groups is 1. The van der Waals surface area contributed by atoms with Gasteiger partial charge in [-0.05, 0) is 50.1 Å². The van der Waals surface area contributed by atoms with Crippen LogP contribution in [0.3, 0.4) is 0 Å². The van der Waals surface area contributed by atoms with Crippen LogP contribution in [0.25, 0.3) is 11.1 Å². The molecule has 2 rings (SSSR count). The number of nitrogens with one attached hydrogen (secondary N) is 1. The monoisotopic (exact) mass is 358 g/mol. The van der Waals surface area contributed by atoms with Crippen molar-refractivity contribution in [1.29, 1.82) is 0 Å². The van der Waals surface area contributed by atoms with Crippen LogP contribution in [0.2, 0.25) is 5.02 Å². The topological polar surface area (TPSA) is 35.4 Å². The van der Waals surface area contributed by atoms with E-state index in [0.29, 0.717) is 10.6 Å². The standard InChI is InChI=1S/C20H24ClN3O/c1-20(2,3)22-19(25)16-11-15(14-7-9-17(21)10-8-14)12-18(13-16)24(6)23(4)5/h7-13H,6H2,1-5H3/p+1. The smallest absolute Gasteiger partial charge is 0.251 e. The average Bonchev–Trinajstić information content (AvgIpc) is 2.52. The zero-order chi connectivity index (χ0) is 18.8. The molecule has 0 aromatic heterocycles. The minimum absolute atomic E-state index is 0.114. The van der Waals surface area contributed by atoms with Crippen molar-refractivity contribution in [2.24, 2.45) is 0 Å². The fraction of sp³-hybridized carbons (Fsp3) is 0.300. The molecule has 0 saturated heterocycles. The third-order valence-corrected chi connectivity index (χ3v) is 3.88. The molecule has 1 amide bonds. The van der Waals surface area contributed by atoms with Gasteiger partial charge in [-0.1, -0.05) is 28.4 Å². The van der Waals surface area contributed by atoms with Crippen LogP contribution in [0.5, 0.6) is 0 Å². The van der Waals surface area contributed by atoms with Crippen molar-refractivity contribution in [3.8, 4) is 11.1 Å².